The van der Waals surface area contributed by atoms with E-state index in [0.29, 0.717) is 5.56 Å². The molecule has 0 aliphatic rings. The highest BCUT2D eigenvalue weighted by molar-refractivity contribution is 6.42. The standard InChI is InChI=1S/C8H8Cl2FNO/c9-5-1-4(7(12)3-13)2-6(11)8(5)10/h1-2,7,13H,3,12H2/t7-/m1/s1. The molecule has 0 aliphatic heterocycles. The second-order valence-electron chi connectivity index (χ2n) is 2.59. The molecule has 0 aromatic heterocycles. The Morgan fingerprint density at radius 3 is 2.54 bits per heavy atom. The molecule has 1 aromatic rings. The van der Waals surface area contributed by atoms with Crippen LogP contribution in [0.5, 0.6) is 0 Å². The molecule has 0 saturated carbocycles. The fraction of sp³-hybridized carbons (Fsp3) is 0.250. The summed E-state index contributed by atoms with van der Waals surface area (Å²) in [4.78, 5) is 0. The van der Waals surface area contributed by atoms with Gasteiger partial charge in [-0.3, -0.25) is 0 Å². The Morgan fingerprint density at radius 1 is 1.46 bits per heavy atom. The lowest BCUT2D eigenvalue weighted by molar-refractivity contribution is 0.268. The maximum Gasteiger partial charge on any atom is 0.143 e. The normalized spacial score (nSPS) is 13.0. The van der Waals surface area contributed by atoms with Gasteiger partial charge in [0, 0.05) is 0 Å². The van der Waals surface area contributed by atoms with Crippen LogP contribution in [-0.2, 0) is 0 Å². The molecule has 0 aliphatic carbocycles. The van der Waals surface area contributed by atoms with E-state index < -0.39 is 11.9 Å². The van der Waals surface area contributed by atoms with Crippen LogP contribution in [0.25, 0.3) is 0 Å². The minimum Gasteiger partial charge on any atom is -0.394 e. The summed E-state index contributed by atoms with van der Waals surface area (Å²) in [5.74, 6) is -0.631. The molecular weight excluding hydrogens is 216 g/mol. The van der Waals surface area contributed by atoms with Crippen molar-refractivity contribution in [1.29, 1.82) is 0 Å². The van der Waals surface area contributed by atoms with Crippen LogP contribution in [0.1, 0.15) is 11.6 Å². The monoisotopic (exact) mass is 223 g/mol. The lowest BCUT2D eigenvalue weighted by Gasteiger charge is -2.09. The first-order chi connectivity index (χ1) is 6.06. The minimum absolute atomic E-state index is 0.0977. The van der Waals surface area contributed by atoms with Crippen molar-refractivity contribution < 1.29 is 9.50 Å². The van der Waals surface area contributed by atoms with Crippen molar-refractivity contribution in [2.24, 2.45) is 5.73 Å². The van der Waals surface area contributed by atoms with E-state index >= 15 is 0 Å². The summed E-state index contributed by atoms with van der Waals surface area (Å²) >= 11 is 11.1. The predicted molar refractivity (Wildman–Crippen MR) is 50.4 cm³/mol. The second-order valence-corrected chi connectivity index (χ2v) is 3.37. The Balaban J connectivity index is 3.13. The fourth-order valence-electron chi connectivity index (χ4n) is 0.895. The van der Waals surface area contributed by atoms with E-state index in [-0.39, 0.29) is 16.7 Å². The van der Waals surface area contributed by atoms with Gasteiger partial charge >= 0.3 is 0 Å². The average Bonchev–Trinajstić information content (AvgIpc) is 2.12. The third-order valence-electron chi connectivity index (χ3n) is 1.63. The summed E-state index contributed by atoms with van der Waals surface area (Å²) < 4.78 is 13.0. The molecule has 13 heavy (non-hydrogen) atoms. The maximum absolute atomic E-state index is 13.0. The van der Waals surface area contributed by atoms with E-state index in [2.05, 4.69) is 0 Å². The van der Waals surface area contributed by atoms with Gasteiger partial charge in [0.1, 0.15) is 5.82 Å². The lowest BCUT2D eigenvalue weighted by Crippen LogP contribution is -2.14. The van der Waals surface area contributed by atoms with E-state index in [9.17, 15) is 4.39 Å². The molecule has 0 heterocycles. The van der Waals surface area contributed by atoms with Crippen LogP contribution in [0.3, 0.4) is 0 Å². The van der Waals surface area contributed by atoms with Crippen LogP contribution in [0, 0.1) is 5.82 Å². The van der Waals surface area contributed by atoms with Gasteiger partial charge < -0.3 is 10.8 Å². The van der Waals surface area contributed by atoms with Gasteiger partial charge in [0.15, 0.2) is 0 Å². The van der Waals surface area contributed by atoms with Gasteiger partial charge in [-0.1, -0.05) is 23.2 Å². The number of nitrogens with two attached hydrogens (primary N) is 1. The summed E-state index contributed by atoms with van der Waals surface area (Å²) in [6, 6.07) is 1.97. The molecule has 0 saturated heterocycles. The number of hydrogen-bond donors (Lipinski definition) is 2. The van der Waals surface area contributed by atoms with Crippen molar-refractivity contribution in [2.75, 3.05) is 6.61 Å². The molecule has 0 spiro atoms. The van der Waals surface area contributed by atoms with Gasteiger partial charge in [-0.15, -0.1) is 0 Å². The number of halogens is 3. The molecule has 0 unspecified atom stereocenters. The lowest BCUT2D eigenvalue weighted by atomic mass is 10.1. The summed E-state index contributed by atoms with van der Waals surface area (Å²) in [6.45, 7) is -0.266. The van der Waals surface area contributed by atoms with E-state index in [1.807, 2.05) is 0 Å². The van der Waals surface area contributed by atoms with Crippen molar-refractivity contribution in [3.63, 3.8) is 0 Å². The molecule has 72 valence electrons. The highest BCUT2D eigenvalue weighted by Gasteiger charge is 2.11. The zero-order valence-electron chi connectivity index (χ0n) is 6.60. The van der Waals surface area contributed by atoms with Crippen LogP contribution < -0.4 is 5.73 Å². The van der Waals surface area contributed by atoms with E-state index in [1.54, 1.807) is 0 Å². The van der Waals surface area contributed by atoms with Gasteiger partial charge in [-0.2, -0.15) is 0 Å². The smallest absolute Gasteiger partial charge is 0.143 e. The molecule has 1 aromatic carbocycles. The van der Waals surface area contributed by atoms with Crippen LogP contribution in [0.2, 0.25) is 10.0 Å². The van der Waals surface area contributed by atoms with Crippen LogP contribution in [0.4, 0.5) is 4.39 Å². The Labute approximate surface area is 85.1 Å². The molecule has 1 atom stereocenters. The first-order valence-corrected chi connectivity index (χ1v) is 4.32. The fourth-order valence-corrected chi connectivity index (χ4v) is 1.22. The third-order valence-corrected chi connectivity index (χ3v) is 2.41. The van der Waals surface area contributed by atoms with Crippen molar-refractivity contribution in [3.05, 3.63) is 33.6 Å². The SMILES string of the molecule is N[C@H](CO)c1cc(F)c(Cl)c(Cl)c1. The first-order valence-electron chi connectivity index (χ1n) is 3.57. The molecule has 3 N–H and O–H groups in total. The van der Waals surface area contributed by atoms with Crippen molar-refractivity contribution in [3.8, 4) is 0 Å². The van der Waals surface area contributed by atoms with Gasteiger partial charge in [0.25, 0.3) is 0 Å². The third kappa shape index (κ3) is 2.31. The summed E-state index contributed by atoms with van der Waals surface area (Å²) in [5, 5.41) is 8.68. The molecule has 0 radical (unpaired) electrons. The first kappa shape index (κ1) is 10.7. The zero-order chi connectivity index (χ0) is 10.0. The van der Waals surface area contributed by atoms with Crippen molar-refractivity contribution >= 4 is 23.2 Å². The minimum atomic E-state index is -0.635. The van der Waals surface area contributed by atoms with Crippen molar-refractivity contribution in [2.45, 2.75) is 6.04 Å². The molecule has 0 amide bonds. The Bertz CT molecular complexity index is 296. The molecule has 5 heteroatoms. The summed E-state index contributed by atoms with van der Waals surface area (Å²) in [7, 11) is 0. The van der Waals surface area contributed by atoms with Crippen molar-refractivity contribution in [1.82, 2.24) is 0 Å². The zero-order valence-corrected chi connectivity index (χ0v) is 8.11. The average molecular weight is 224 g/mol. The van der Waals surface area contributed by atoms with Gasteiger partial charge in [-0.25, -0.2) is 4.39 Å². The molecule has 0 bridgehead atoms. The Morgan fingerprint density at radius 2 is 2.08 bits per heavy atom. The van der Waals surface area contributed by atoms with E-state index in [4.69, 9.17) is 34.0 Å². The Hall–Kier alpha value is -0.350. The number of hydrogen-bond acceptors (Lipinski definition) is 2. The quantitative estimate of drug-likeness (QED) is 0.755. The topological polar surface area (TPSA) is 46.2 Å². The largest absolute Gasteiger partial charge is 0.394 e. The van der Waals surface area contributed by atoms with Crippen LogP contribution >= 0.6 is 23.2 Å². The van der Waals surface area contributed by atoms with Crippen LogP contribution in [-0.4, -0.2) is 11.7 Å². The van der Waals surface area contributed by atoms with Crippen LogP contribution in [0.15, 0.2) is 12.1 Å². The number of aliphatic hydroxyl groups is 1. The molecule has 1 rings (SSSR count). The Kier molecular flexibility index (Phi) is 3.50. The molecule has 2 nitrogen and oxygen atoms in total. The van der Waals surface area contributed by atoms with E-state index in [0.717, 1.165) is 6.07 Å². The second kappa shape index (κ2) is 4.24. The molecule has 0 fully saturated rings. The number of benzene rings is 1. The van der Waals surface area contributed by atoms with Gasteiger partial charge in [0.2, 0.25) is 0 Å². The van der Waals surface area contributed by atoms with E-state index in [1.165, 1.54) is 6.07 Å². The number of rotatable bonds is 2. The predicted octanol–water partition coefficient (Wildman–Crippen LogP) is 2.12. The summed E-state index contributed by atoms with van der Waals surface area (Å²) in [6.07, 6.45) is 0. The highest BCUT2D eigenvalue weighted by atomic mass is 35.5. The highest BCUT2D eigenvalue weighted by Crippen LogP contribution is 2.28. The van der Waals surface area contributed by atoms with Gasteiger partial charge in [-0.05, 0) is 17.7 Å². The summed E-state index contributed by atoms with van der Waals surface area (Å²) in [5.41, 5.74) is 5.89. The number of aliphatic hydroxyl groups excluding tert-OH is 1. The van der Waals surface area contributed by atoms with Gasteiger partial charge in [0.05, 0.1) is 22.7 Å². The maximum atomic E-state index is 13.0. The molecular formula is C8H8Cl2FNO.